The lowest BCUT2D eigenvalue weighted by Gasteiger charge is -2.54. The lowest BCUT2D eigenvalue weighted by atomic mass is 9.54. The number of alkyl halides is 3. The number of carbonyl (C=O) groups is 1. The van der Waals surface area contributed by atoms with E-state index in [-0.39, 0.29) is 23.2 Å². The standard InChI is InChI=1S/C18H19F3N4O/c19-18(20,21)14-1-2-22-16-13(8-23-25(14)16)17(26)24-15-11-4-9-3-10(6-11)7-12(15)5-9/h1-2,8-12,15H,3-7H2,(H,24,26). The molecule has 5 nitrogen and oxygen atoms in total. The van der Waals surface area contributed by atoms with Crippen LogP contribution in [0.4, 0.5) is 13.2 Å². The van der Waals surface area contributed by atoms with Crippen LogP contribution < -0.4 is 5.32 Å². The number of fused-ring (bicyclic) bond motifs is 1. The van der Waals surface area contributed by atoms with Gasteiger partial charge in [0.15, 0.2) is 5.65 Å². The number of nitrogens with zero attached hydrogens (tertiary/aromatic N) is 3. The lowest BCUT2D eigenvalue weighted by molar-refractivity contribution is -0.142. The number of hydrogen-bond acceptors (Lipinski definition) is 3. The van der Waals surface area contributed by atoms with E-state index in [1.165, 1.54) is 12.6 Å². The van der Waals surface area contributed by atoms with Crippen molar-refractivity contribution in [1.29, 1.82) is 0 Å². The molecule has 1 amide bonds. The average Bonchev–Trinajstić information content (AvgIpc) is 3.00. The Morgan fingerprint density at radius 3 is 2.38 bits per heavy atom. The largest absolute Gasteiger partial charge is 0.433 e. The van der Waals surface area contributed by atoms with Gasteiger partial charge in [0.2, 0.25) is 0 Å². The van der Waals surface area contributed by atoms with Crippen LogP contribution in [0.2, 0.25) is 0 Å². The van der Waals surface area contributed by atoms with Crippen LogP contribution in [0, 0.1) is 23.7 Å². The normalized spacial score (nSPS) is 33.0. The third-order valence-corrected chi connectivity index (χ3v) is 6.46. The van der Waals surface area contributed by atoms with Gasteiger partial charge in [0.1, 0.15) is 11.3 Å². The highest BCUT2D eigenvalue weighted by molar-refractivity contribution is 5.99. The zero-order valence-electron chi connectivity index (χ0n) is 14.0. The fourth-order valence-electron chi connectivity index (χ4n) is 5.66. The Labute approximate surface area is 148 Å². The molecule has 0 atom stereocenters. The van der Waals surface area contributed by atoms with Crippen LogP contribution >= 0.6 is 0 Å². The molecule has 4 aliphatic carbocycles. The van der Waals surface area contributed by atoms with Crippen LogP contribution in [0.25, 0.3) is 5.65 Å². The van der Waals surface area contributed by atoms with Gasteiger partial charge in [-0.2, -0.15) is 18.3 Å². The Morgan fingerprint density at radius 1 is 1.12 bits per heavy atom. The minimum Gasteiger partial charge on any atom is -0.349 e. The van der Waals surface area contributed by atoms with E-state index in [0.717, 1.165) is 49.8 Å². The molecule has 0 unspecified atom stereocenters. The van der Waals surface area contributed by atoms with Crippen LogP contribution in [-0.2, 0) is 6.18 Å². The van der Waals surface area contributed by atoms with Gasteiger partial charge in [-0.1, -0.05) is 0 Å². The summed E-state index contributed by atoms with van der Waals surface area (Å²) in [5, 5.41) is 6.87. The van der Waals surface area contributed by atoms with Crippen molar-refractivity contribution in [3.63, 3.8) is 0 Å². The third-order valence-electron chi connectivity index (χ3n) is 6.46. The van der Waals surface area contributed by atoms with Crippen molar-refractivity contribution < 1.29 is 18.0 Å². The fourth-order valence-corrected chi connectivity index (χ4v) is 5.66. The van der Waals surface area contributed by atoms with Crippen molar-refractivity contribution in [2.45, 2.75) is 44.3 Å². The summed E-state index contributed by atoms with van der Waals surface area (Å²) in [5.74, 6) is 2.20. The summed E-state index contributed by atoms with van der Waals surface area (Å²) in [6.45, 7) is 0. The summed E-state index contributed by atoms with van der Waals surface area (Å²) in [7, 11) is 0. The summed E-state index contributed by atoms with van der Waals surface area (Å²) in [6, 6.07) is 0.982. The first-order valence-electron chi connectivity index (χ1n) is 9.11. The molecule has 1 N–H and O–H groups in total. The molecule has 2 heterocycles. The van der Waals surface area contributed by atoms with Crippen LogP contribution in [0.15, 0.2) is 18.5 Å². The lowest BCUT2D eigenvalue weighted by Crippen LogP contribution is -2.55. The Balaban J connectivity index is 1.43. The molecule has 0 radical (unpaired) electrons. The summed E-state index contributed by atoms with van der Waals surface area (Å²) in [4.78, 5) is 16.7. The van der Waals surface area contributed by atoms with Crippen LogP contribution in [0.5, 0.6) is 0 Å². The fraction of sp³-hybridized carbons (Fsp3) is 0.611. The van der Waals surface area contributed by atoms with E-state index in [1.54, 1.807) is 0 Å². The number of hydrogen-bond donors (Lipinski definition) is 1. The summed E-state index contributed by atoms with van der Waals surface area (Å²) >= 11 is 0. The molecular weight excluding hydrogens is 345 g/mol. The van der Waals surface area contributed by atoms with Gasteiger partial charge < -0.3 is 5.32 Å². The maximum Gasteiger partial charge on any atom is 0.433 e. The molecule has 8 heteroatoms. The zero-order chi connectivity index (χ0) is 18.1. The summed E-state index contributed by atoms with van der Waals surface area (Å²) < 4.78 is 40.0. The SMILES string of the molecule is O=C(NC1C2CC3CC(C2)CC1C3)c1cnn2c(C(F)(F)F)ccnc12. The number of nitrogens with one attached hydrogen (secondary N) is 1. The topological polar surface area (TPSA) is 59.3 Å². The van der Waals surface area contributed by atoms with E-state index in [4.69, 9.17) is 0 Å². The molecule has 2 aromatic rings. The maximum absolute atomic E-state index is 13.1. The monoisotopic (exact) mass is 364 g/mol. The van der Waals surface area contributed by atoms with Gasteiger partial charge in [0.25, 0.3) is 5.91 Å². The van der Waals surface area contributed by atoms with E-state index >= 15 is 0 Å². The molecule has 4 bridgehead atoms. The maximum atomic E-state index is 13.1. The van der Waals surface area contributed by atoms with Gasteiger partial charge in [-0.3, -0.25) is 4.79 Å². The second kappa shape index (κ2) is 5.44. The van der Waals surface area contributed by atoms with E-state index in [9.17, 15) is 18.0 Å². The smallest absolute Gasteiger partial charge is 0.349 e. The van der Waals surface area contributed by atoms with E-state index in [1.807, 2.05) is 0 Å². The highest BCUT2D eigenvalue weighted by Crippen LogP contribution is 2.53. The highest BCUT2D eigenvalue weighted by atomic mass is 19.4. The van der Waals surface area contributed by atoms with Crippen LogP contribution in [0.1, 0.15) is 48.2 Å². The second-order valence-electron chi connectivity index (χ2n) is 8.05. The second-order valence-corrected chi connectivity index (χ2v) is 8.05. The van der Waals surface area contributed by atoms with E-state index in [2.05, 4.69) is 15.4 Å². The predicted octanol–water partition coefficient (Wildman–Crippen LogP) is 3.30. The molecule has 2 aromatic heterocycles. The van der Waals surface area contributed by atoms with Crippen molar-refractivity contribution in [2.75, 3.05) is 0 Å². The van der Waals surface area contributed by atoms with E-state index < -0.39 is 11.9 Å². The molecule has 138 valence electrons. The summed E-state index contributed by atoms with van der Waals surface area (Å²) in [6.07, 6.45) is 3.65. The van der Waals surface area contributed by atoms with Crippen molar-refractivity contribution >= 4 is 11.6 Å². The van der Waals surface area contributed by atoms with Gasteiger partial charge in [0.05, 0.1) is 6.20 Å². The third kappa shape index (κ3) is 2.41. The molecule has 4 saturated carbocycles. The zero-order valence-corrected chi connectivity index (χ0v) is 14.0. The Hall–Kier alpha value is -2.12. The molecule has 6 rings (SSSR count). The molecule has 0 saturated heterocycles. The highest BCUT2D eigenvalue weighted by Gasteiger charge is 2.48. The molecule has 4 fully saturated rings. The van der Waals surface area contributed by atoms with Crippen molar-refractivity contribution in [1.82, 2.24) is 19.9 Å². The molecular formula is C18H19F3N4O. The average molecular weight is 364 g/mol. The van der Waals surface area contributed by atoms with Gasteiger partial charge in [-0.25, -0.2) is 9.50 Å². The number of rotatable bonds is 2. The Kier molecular flexibility index (Phi) is 3.36. The van der Waals surface area contributed by atoms with Crippen molar-refractivity contribution in [2.24, 2.45) is 23.7 Å². The first-order valence-corrected chi connectivity index (χ1v) is 9.11. The number of halogens is 3. The summed E-state index contributed by atoms with van der Waals surface area (Å²) in [5.41, 5.74) is -0.887. The van der Waals surface area contributed by atoms with Gasteiger partial charge in [-0.15, -0.1) is 0 Å². The Bertz CT molecular complexity index is 847. The first-order chi connectivity index (χ1) is 12.4. The van der Waals surface area contributed by atoms with Gasteiger partial charge in [0, 0.05) is 12.2 Å². The minimum atomic E-state index is -4.55. The van der Waals surface area contributed by atoms with Crippen LogP contribution in [0.3, 0.4) is 0 Å². The molecule has 0 spiro atoms. The quantitative estimate of drug-likeness (QED) is 0.890. The van der Waals surface area contributed by atoms with Crippen LogP contribution in [-0.4, -0.2) is 26.5 Å². The number of aromatic nitrogens is 3. The number of carbonyl (C=O) groups excluding carboxylic acids is 1. The van der Waals surface area contributed by atoms with Gasteiger partial charge >= 0.3 is 6.18 Å². The Morgan fingerprint density at radius 2 is 1.77 bits per heavy atom. The van der Waals surface area contributed by atoms with E-state index in [0.29, 0.717) is 16.4 Å². The first kappa shape index (κ1) is 16.1. The molecule has 26 heavy (non-hydrogen) atoms. The van der Waals surface area contributed by atoms with Gasteiger partial charge in [-0.05, 0) is 61.8 Å². The molecule has 4 aliphatic rings. The predicted molar refractivity (Wildman–Crippen MR) is 86.3 cm³/mol. The van der Waals surface area contributed by atoms with Crippen molar-refractivity contribution in [3.05, 3.63) is 29.7 Å². The minimum absolute atomic E-state index is 0.0545. The van der Waals surface area contributed by atoms with Crippen molar-refractivity contribution in [3.8, 4) is 0 Å². The molecule has 0 aliphatic heterocycles. The molecule has 0 aromatic carbocycles. The number of amides is 1.